The number of benzene rings is 1. The molecule has 0 atom stereocenters. The van der Waals surface area contributed by atoms with Crippen LogP contribution in [0.5, 0.6) is 0 Å². The number of anilines is 1. The molecule has 3 rings (SSSR count). The fourth-order valence-corrected chi connectivity index (χ4v) is 4.30. The molecule has 0 aliphatic heterocycles. The van der Waals surface area contributed by atoms with Gasteiger partial charge in [0.15, 0.2) is 10.8 Å². The van der Waals surface area contributed by atoms with Crippen molar-refractivity contribution >= 4 is 32.7 Å². The first-order valence-electron chi connectivity index (χ1n) is 9.92. The Bertz CT molecular complexity index is 941. The van der Waals surface area contributed by atoms with Crippen molar-refractivity contribution in [1.82, 2.24) is 14.8 Å². The zero-order valence-corrected chi connectivity index (χ0v) is 17.9. The summed E-state index contributed by atoms with van der Waals surface area (Å²) in [6, 6.07) is 8.04. The second kappa shape index (κ2) is 9.19. The fourth-order valence-electron chi connectivity index (χ4n) is 3.24. The minimum absolute atomic E-state index is 0.345. The number of hydrogen-bond donors (Lipinski definition) is 0. The molecule has 7 heteroatoms. The van der Waals surface area contributed by atoms with Crippen LogP contribution in [0.1, 0.15) is 55.4 Å². The number of para-hydroxylation sites is 1. The third-order valence-electron chi connectivity index (χ3n) is 4.53. The molecule has 0 saturated carbocycles. The monoisotopic (exact) mass is 400 g/mol. The number of nitrogens with zero attached hydrogens (tertiary/aromatic N) is 4. The Morgan fingerprint density at radius 1 is 1.21 bits per heavy atom. The van der Waals surface area contributed by atoms with Gasteiger partial charge in [-0.05, 0) is 38.8 Å². The standard InChI is InChI=1S/C21H28N4O2S/c1-5-11-24(12-6-2)21-22-19-16(9-8-10-18(19)28-21)14-25-15(4)13-17(23-25)20(26)27-7-3/h8-10,13H,5-7,11-12,14H2,1-4H3. The Hall–Kier alpha value is -2.41. The predicted molar refractivity (Wildman–Crippen MR) is 114 cm³/mol. The van der Waals surface area contributed by atoms with E-state index in [4.69, 9.17) is 9.72 Å². The molecule has 28 heavy (non-hydrogen) atoms. The lowest BCUT2D eigenvalue weighted by Crippen LogP contribution is -2.24. The molecule has 0 unspecified atom stereocenters. The first-order chi connectivity index (χ1) is 13.6. The van der Waals surface area contributed by atoms with E-state index in [-0.39, 0.29) is 5.97 Å². The molecule has 0 bridgehead atoms. The van der Waals surface area contributed by atoms with Crippen molar-refractivity contribution in [2.24, 2.45) is 0 Å². The maximum absolute atomic E-state index is 12.0. The lowest BCUT2D eigenvalue weighted by atomic mass is 10.2. The van der Waals surface area contributed by atoms with Crippen molar-refractivity contribution in [2.45, 2.75) is 47.1 Å². The molecule has 0 spiro atoms. The molecule has 0 amide bonds. The summed E-state index contributed by atoms with van der Waals surface area (Å²) < 4.78 is 8.09. The molecule has 1 aromatic carbocycles. The first-order valence-corrected chi connectivity index (χ1v) is 10.7. The fraction of sp³-hybridized carbons (Fsp3) is 0.476. The lowest BCUT2D eigenvalue weighted by molar-refractivity contribution is 0.0518. The van der Waals surface area contributed by atoms with E-state index in [9.17, 15) is 4.79 Å². The van der Waals surface area contributed by atoms with Crippen molar-refractivity contribution < 1.29 is 9.53 Å². The molecule has 0 aliphatic carbocycles. The number of rotatable bonds is 9. The average Bonchev–Trinajstić information content (AvgIpc) is 3.26. The second-order valence-corrected chi connectivity index (χ2v) is 7.81. The number of fused-ring (bicyclic) bond motifs is 1. The van der Waals surface area contributed by atoms with Gasteiger partial charge in [-0.25, -0.2) is 9.78 Å². The van der Waals surface area contributed by atoms with Crippen molar-refractivity contribution in [1.29, 1.82) is 0 Å². The largest absolute Gasteiger partial charge is 0.461 e. The van der Waals surface area contributed by atoms with E-state index in [1.807, 2.05) is 11.6 Å². The van der Waals surface area contributed by atoms with Gasteiger partial charge in [0.1, 0.15) is 0 Å². The highest BCUT2D eigenvalue weighted by molar-refractivity contribution is 7.22. The number of aryl methyl sites for hydroxylation is 1. The van der Waals surface area contributed by atoms with Gasteiger partial charge >= 0.3 is 5.97 Å². The van der Waals surface area contributed by atoms with Crippen LogP contribution >= 0.6 is 11.3 Å². The summed E-state index contributed by atoms with van der Waals surface area (Å²) >= 11 is 1.74. The van der Waals surface area contributed by atoms with Gasteiger partial charge in [-0.3, -0.25) is 4.68 Å². The summed E-state index contributed by atoms with van der Waals surface area (Å²) in [5.41, 5.74) is 3.40. The van der Waals surface area contributed by atoms with Gasteiger partial charge in [-0.2, -0.15) is 5.10 Å². The SMILES string of the molecule is CCCN(CCC)c1nc2c(Cn3nc(C(=O)OCC)cc3C)cccc2s1. The normalized spacial score (nSPS) is 11.1. The quantitative estimate of drug-likeness (QED) is 0.489. The highest BCUT2D eigenvalue weighted by atomic mass is 32.1. The number of thiazole rings is 1. The lowest BCUT2D eigenvalue weighted by Gasteiger charge is -2.19. The van der Waals surface area contributed by atoms with Gasteiger partial charge in [0.25, 0.3) is 0 Å². The van der Waals surface area contributed by atoms with Gasteiger partial charge < -0.3 is 9.64 Å². The first kappa shape index (κ1) is 20.3. The van der Waals surface area contributed by atoms with E-state index in [2.05, 4.69) is 42.0 Å². The Balaban J connectivity index is 1.91. The summed E-state index contributed by atoms with van der Waals surface area (Å²) in [6.45, 7) is 11.1. The number of ether oxygens (including phenoxy) is 1. The molecule has 6 nitrogen and oxygen atoms in total. The topological polar surface area (TPSA) is 60.2 Å². The molecular weight excluding hydrogens is 372 g/mol. The van der Waals surface area contributed by atoms with Crippen LogP contribution in [-0.4, -0.2) is 40.4 Å². The zero-order chi connectivity index (χ0) is 20.1. The predicted octanol–water partition coefficient (Wildman–Crippen LogP) is 4.65. The van der Waals surface area contributed by atoms with Crippen LogP contribution in [0.3, 0.4) is 0 Å². The minimum atomic E-state index is -0.381. The maximum Gasteiger partial charge on any atom is 0.358 e. The number of hydrogen-bond acceptors (Lipinski definition) is 6. The van der Waals surface area contributed by atoms with E-state index in [0.717, 1.165) is 47.8 Å². The van der Waals surface area contributed by atoms with Gasteiger partial charge in [0.2, 0.25) is 0 Å². The average molecular weight is 401 g/mol. The molecule has 0 saturated heterocycles. The number of aromatic nitrogens is 3. The second-order valence-electron chi connectivity index (χ2n) is 6.80. The van der Waals surface area contributed by atoms with Gasteiger partial charge in [-0.15, -0.1) is 0 Å². The van der Waals surface area contributed by atoms with Gasteiger partial charge in [-0.1, -0.05) is 37.3 Å². The third-order valence-corrected chi connectivity index (χ3v) is 5.62. The Morgan fingerprint density at radius 3 is 2.64 bits per heavy atom. The van der Waals surface area contributed by atoms with E-state index < -0.39 is 0 Å². The summed E-state index contributed by atoms with van der Waals surface area (Å²) in [6.07, 6.45) is 2.21. The minimum Gasteiger partial charge on any atom is -0.461 e. The molecule has 2 heterocycles. The molecule has 0 N–H and O–H groups in total. The third kappa shape index (κ3) is 4.35. The smallest absolute Gasteiger partial charge is 0.358 e. The highest BCUT2D eigenvalue weighted by Gasteiger charge is 2.16. The molecule has 0 fully saturated rings. The van der Waals surface area contributed by atoms with Crippen LogP contribution in [0.15, 0.2) is 24.3 Å². The van der Waals surface area contributed by atoms with Crippen LogP contribution < -0.4 is 4.90 Å². The summed E-state index contributed by atoms with van der Waals surface area (Å²) in [4.78, 5) is 19.3. The molecule has 3 aromatic rings. The van der Waals surface area contributed by atoms with Crippen LogP contribution in [0.2, 0.25) is 0 Å². The molecular formula is C21H28N4O2S. The maximum atomic E-state index is 12.0. The van der Waals surface area contributed by atoms with E-state index >= 15 is 0 Å². The summed E-state index contributed by atoms with van der Waals surface area (Å²) in [5.74, 6) is -0.381. The Kier molecular flexibility index (Phi) is 6.67. The van der Waals surface area contributed by atoms with Crippen molar-refractivity contribution in [3.8, 4) is 0 Å². The van der Waals surface area contributed by atoms with E-state index in [0.29, 0.717) is 18.8 Å². The Labute approximate surface area is 170 Å². The highest BCUT2D eigenvalue weighted by Crippen LogP contribution is 2.31. The molecule has 0 radical (unpaired) electrons. The van der Waals surface area contributed by atoms with Crippen LogP contribution in [0, 0.1) is 6.92 Å². The van der Waals surface area contributed by atoms with Gasteiger partial charge in [0.05, 0.1) is 23.4 Å². The number of carbonyl (C=O) groups is 1. The van der Waals surface area contributed by atoms with E-state index in [1.54, 1.807) is 24.3 Å². The Morgan fingerprint density at radius 2 is 1.96 bits per heavy atom. The zero-order valence-electron chi connectivity index (χ0n) is 17.1. The van der Waals surface area contributed by atoms with Crippen molar-refractivity contribution in [3.05, 3.63) is 41.2 Å². The number of carbonyl (C=O) groups excluding carboxylic acids is 1. The van der Waals surface area contributed by atoms with Gasteiger partial charge in [0, 0.05) is 24.3 Å². The van der Waals surface area contributed by atoms with Crippen LogP contribution in [0.4, 0.5) is 5.13 Å². The van der Waals surface area contributed by atoms with E-state index in [1.165, 1.54) is 4.70 Å². The number of esters is 1. The van der Waals surface area contributed by atoms with Crippen LogP contribution in [0.25, 0.3) is 10.2 Å². The molecule has 2 aromatic heterocycles. The summed E-state index contributed by atoms with van der Waals surface area (Å²) in [7, 11) is 0. The molecule has 0 aliphatic rings. The van der Waals surface area contributed by atoms with Crippen molar-refractivity contribution in [3.63, 3.8) is 0 Å². The van der Waals surface area contributed by atoms with Crippen LogP contribution in [-0.2, 0) is 11.3 Å². The van der Waals surface area contributed by atoms with Crippen molar-refractivity contribution in [2.75, 3.05) is 24.6 Å². The molecule has 150 valence electrons. The summed E-state index contributed by atoms with van der Waals surface area (Å²) in [5, 5.41) is 5.52.